The van der Waals surface area contributed by atoms with E-state index >= 15 is 42.3 Å². The number of likely N-dealkylation sites (N-methyl/N-ethyl adjacent to an activating group) is 7. The van der Waals surface area contributed by atoms with E-state index in [-0.39, 0.29) is 96.9 Å². The molecule has 0 aromatic rings. The van der Waals surface area contributed by atoms with Gasteiger partial charge in [-0.15, -0.1) is 0 Å². The Hall–Kier alpha value is -7.22. The van der Waals surface area contributed by atoms with Crippen LogP contribution in [0.1, 0.15) is 189 Å². The first-order valence-corrected chi connectivity index (χ1v) is 40.0. The van der Waals surface area contributed by atoms with Crippen molar-refractivity contribution in [2.24, 2.45) is 46.8 Å². The summed E-state index contributed by atoms with van der Waals surface area (Å²) >= 11 is 0. The number of hydrogen-bond donors (Lipinski definition) is 3. The molecule has 8 aliphatic rings. The summed E-state index contributed by atoms with van der Waals surface area (Å²) < 4.78 is 122. The molecule has 111 heavy (non-hydrogen) atoms. The summed E-state index contributed by atoms with van der Waals surface area (Å²) in [7, 11) is 9.64. The molecule has 3 heterocycles. The molecule has 12 atom stereocenters. The molecule has 2 unspecified atom stereocenters. The number of carbonyl (C=O) groups excluding carboxylic acids is 12. The van der Waals surface area contributed by atoms with Crippen molar-refractivity contribution in [1.29, 1.82) is 0 Å². The number of fused-ring (bicyclic) bond motifs is 3. The molecule has 2 bridgehead atoms. The van der Waals surface area contributed by atoms with Crippen LogP contribution in [0, 0.1) is 46.8 Å². The Bertz CT molecular complexity index is 3370. The van der Waals surface area contributed by atoms with Gasteiger partial charge in [-0.1, -0.05) is 66.0 Å². The van der Waals surface area contributed by atoms with E-state index in [4.69, 9.17) is 4.74 Å². The molecule has 25 nitrogen and oxygen atoms in total. The zero-order chi connectivity index (χ0) is 82.3. The molecule has 33 heteroatoms. The van der Waals surface area contributed by atoms with E-state index in [9.17, 15) is 50.3 Å². The van der Waals surface area contributed by atoms with Crippen LogP contribution in [0.3, 0.4) is 0 Å². The molecule has 2 saturated heterocycles. The Kier molecular flexibility index (Phi) is 30.1. The number of carbonyl (C=O) groups is 12. The topological polar surface area (TPSA) is 279 Å². The molecular weight excluding hydrogens is 1460 g/mol. The van der Waals surface area contributed by atoms with Crippen molar-refractivity contribution in [3.05, 3.63) is 12.2 Å². The van der Waals surface area contributed by atoms with Gasteiger partial charge in [-0.05, 0) is 158 Å². The van der Waals surface area contributed by atoms with Crippen LogP contribution in [-0.2, 0) is 62.3 Å². The van der Waals surface area contributed by atoms with E-state index in [2.05, 4.69) is 16.0 Å². The molecule has 5 saturated carbocycles. The van der Waals surface area contributed by atoms with Gasteiger partial charge in [-0.25, -0.2) is 8.78 Å². The zero-order valence-electron chi connectivity index (χ0n) is 66.9. The van der Waals surface area contributed by atoms with Crippen molar-refractivity contribution < 1.29 is 97.4 Å². The van der Waals surface area contributed by atoms with Crippen LogP contribution in [0.15, 0.2) is 12.2 Å². The van der Waals surface area contributed by atoms with Gasteiger partial charge in [0.05, 0.1) is 31.5 Å². The van der Waals surface area contributed by atoms with Gasteiger partial charge in [0, 0.05) is 82.0 Å². The third kappa shape index (κ3) is 21.4. The van der Waals surface area contributed by atoms with Gasteiger partial charge in [0.15, 0.2) is 0 Å². The van der Waals surface area contributed by atoms with E-state index < -0.39 is 241 Å². The third-order valence-electron chi connectivity index (χ3n) is 25.0. The minimum atomic E-state index is -5.22. The number of rotatable bonds is 14. The lowest BCUT2D eigenvalue weighted by molar-refractivity contribution is -0.219. The third-order valence-corrected chi connectivity index (χ3v) is 25.0. The second kappa shape index (κ2) is 37.4. The molecule has 1 spiro atoms. The molecule has 5 aliphatic carbocycles. The lowest BCUT2D eigenvalue weighted by atomic mass is 9.58. The second-order valence-corrected chi connectivity index (χ2v) is 34.0. The fourth-order valence-corrected chi connectivity index (χ4v) is 18.6. The fraction of sp³-hybridized carbons (Fsp3) is 0.821. The average molecular weight is 1590 g/mol. The van der Waals surface area contributed by atoms with E-state index in [1.807, 2.05) is 20.8 Å². The van der Waals surface area contributed by atoms with Gasteiger partial charge in [-0.2, -0.15) is 26.3 Å². The zero-order valence-corrected chi connectivity index (χ0v) is 66.9. The summed E-state index contributed by atoms with van der Waals surface area (Å²) in [6, 6.07) is -11.3. The quantitative estimate of drug-likeness (QED) is 0.115. The molecule has 626 valence electrons. The van der Waals surface area contributed by atoms with Crippen LogP contribution < -0.4 is 16.0 Å². The first-order valence-electron chi connectivity index (χ1n) is 40.0. The van der Waals surface area contributed by atoms with Gasteiger partial charge in [-0.3, -0.25) is 57.5 Å². The Morgan fingerprint density at radius 3 is 1.82 bits per heavy atom. The summed E-state index contributed by atoms with van der Waals surface area (Å²) in [6.07, 6.45) is -12.2. The highest BCUT2D eigenvalue weighted by atomic mass is 19.4. The van der Waals surface area contributed by atoms with E-state index in [0.717, 1.165) is 19.6 Å². The van der Waals surface area contributed by atoms with Crippen LogP contribution in [0.25, 0.3) is 0 Å². The Labute approximate surface area is 647 Å². The van der Waals surface area contributed by atoms with Crippen LogP contribution in [0.2, 0.25) is 0 Å². The van der Waals surface area contributed by atoms with Crippen molar-refractivity contribution in [2.75, 3.05) is 88.7 Å². The molecule has 0 aromatic heterocycles. The number of amides is 12. The number of hydrogen-bond acceptors (Lipinski definition) is 13. The molecule has 3 aliphatic heterocycles. The number of nitrogens with zero attached hydrogens (tertiary/aromatic N) is 9. The number of alkyl halides is 8. The van der Waals surface area contributed by atoms with E-state index in [1.165, 1.54) is 73.8 Å². The predicted octanol–water partition coefficient (Wildman–Crippen LogP) is 7.13. The smallest absolute Gasteiger partial charge is 0.377 e. The van der Waals surface area contributed by atoms with Crippen molar-refractivity contribution in [2.45, 2.75) is 274 Å². The van der Waals surface area contributed by atoms with Gasteiger partial charge in [0.25, 0.3) is 0 Å². The lowest BCUT2D eigenvalue weighted by Gasteiger charge is -2.54. The maximum atomic E-state index is 15.9. The maximum absolute atomic E-state index is 15.9. The minimum absolute atomic E-state index is 0.00409. The number of halogens is 8. The highest BCUT2D eigenvalue weighted by molar-refractivity contribution is 6.01. The normalized spacial score (nSPS) is 32.5. The summed E-state index contributed by atoms with van der Waals surface area (Å²) in [5.74, 6) is -17.0. The van der Waals surface area contributed by atoms with Crippen LogP contribution in [-0.4, -0.2) is 288 Å². The Balaban J connectivity index is 1.22. The molecule has 0 aromatic carbocycles. The summed E-state index contributed by atoms with van der Waals surface area (Å²) in [6.45, 7) is 9.07. The van der Waals surface area contributed by atoms with Crippen molar-refractivity contribution in [3.8, 4) is 0 Å². The van der Waals surface area contributed by atoms with Crippen molar-refractivity contribution in [3.63, 3.8) is 0 Å². The highest BCUT2D eigenvalue weighted by Crippen LogP contribution is 2.51. The molecule has 0 radical (unpaired) electrons. The van der Waals surface area contributed by atoms with Gasteiger partial charge < -0.3 is 64.8 Å². The van der Waals surface area contributed by atoms with Gasteiger partial charge >= 0.3 is 12.4 Å². The van der Waals surface area contributed by atoms with E-state index in [1.54, 1.807) is 32.9 Å². The second-order valence-electron chi connectivity index (χ2n) is 34.0. The van der Waals surface area contributed by atoms with E-state index in [0.29, 0.717) is 51.4 Å². The monoisotopic (exact) mass is 1580 g/mol. The molecule has 3 N–H and O–H groups in total. The van der Waals surface area contributed by atoms with Crippen LogP contribution >= 0.6 is 0 Å². The summed E-state index contributed by atoms with van der Waals surface area (Å²) in [4.78, 5) is 194. The van der Waals surface area contributed by atoms with Crippen LogP contribution in [0.4, 0.5) is 35.1 Å². The Morgan fingerprint density at radius 1 is 0.640 bits per heavy atom. The van der Waals surface area contributed by atoms with Crippen molar-refractivity contribution in [1.82, 2.24) is 60.0 Å². The lowest BCUT2D eigenvalue weighted by Crippen LogP contribution is -2.71. The SMILES string of the molecule is CCCN(C)C(=O)[C@@H]1CC(=O)N(C)[C@@H](C2CC2)C(=O)N[C@@H]([C@@H](C)CC)C(=O)N(C)CC(=O)N(C)[C@H]2C/C=C\CCN(C2=O)[C@@H](CC2CCC(C(F)(F)F)CC2)C(=O)N(C)CC(=O)N[C@@H](CCC2CC(F)C(C(F)(F)F)C(F)C2)C(=O)N2C[C@H](OCC)C[C@H]2C(=O)NC2(CC(C)(C)C2)C(=O)N(C)[C@@H](C2CCCC2)C(=O)N1C. The number of nitrogens with one attached hydrogen (secondary N) is 3. The first kappa shape index (κ1) is 89.3. The van der Waals surface area contributed by atoms with Crippen LogP contribution in [0.5, 0.6) is 0 Å². The maximum Gasteiger partial charge on any atom is 0.397 e. The Morgan fingerprint density at radius 2 is 1.25 bits per heavy atom. The summed E-state index contributed by atoms with van der Waals surface area (Å²) in [5, 5.41) is 8.53. The summed E-state index contributed by atoms with van der Waals surface area (Å²) in [5.41, 5.74) is -2.36. The van der Waals surface area contributed by atoms with Crippen molar-refractivity contribution >= 4 is 70.9 Å². The predicted molar refractivity (Wildman–Crippen MR) is 393 cm³/mol. The highest BCUT2D eigenvalue weighted by Gasteiger charge is 2.60. The molecular formula is C78H120F8N12O13. The minimum Gasteiger partial charge on any atom is -0.377 e. The van der Waals surface area contributed by atoms with Gasteiger partial charge in [0.1, 0.15) is 72.1 Å². The molecule has 8 rings (SSSR count). The van der Waals surface area contributed by atoms with Gasteiger partial charge in [0.2, 0.25) is 70.9 Å². The molecule has 12 amide bonds. The molecule has 7 fully saturated rings. The first-order chi connectivity index (χ1) is 52.0. The average Bonchev–Trinajstić information content (AvgIpc) is 1.43. The fourth-order valence-electron chi connectivity index (χ4n) is 18.6. The number of ether oxygens (including phenoxy) is 1. The standard InChI is InChI=1S/C78H120F8N12O13/c1-14-33-90(7)69(105)57-39-60(100)95(12)64(49-28-29-49)67(103)88-63(45(4)15-2)72(108)92(9)42-61(101)93(10)55-24-18-17-21-34-97(71(55)107)58(37-46-25-30-50(31-26-46)77(81,82)83)70(106)91(8)41-59(99)87-54(32-27-47-35-52(79)62(53(80)36-47)78(84,85)86)68(104)98-40-51(111-16-3)38-56(98)66(102)89-76(43-75(5,6)44-76)74(110)96(13)65(73(109)94(57)11)48-22-19-20-23-48/h17-18,45-58,62-65H,14-16,19-44H2,1-13H3,(H,87,99)(H,88,103)(H,89,102)/b18-17-/t45-,46?,47?,50?,51+,52?,53?,54-,55-,56-,57-,58-,62?,63-,64-,65-/m0/s1. The largest absolute Gasteiger partial charge is 0.397 e.